The highest BCUT2D eigenvalue weighted by atomic mass is 16.5. The first-order valence-corrected chi connectivity index (χ1v) is 4.13. The molecular weight excluding hydrogens is 218 g/mol. The third-order valence-electron chi connectivity index (χ3n) is 1.87. The average molecular weight is 227 g/mol. The van der Waals surface area contributed by atoms with E-state index in [-0.39, 0.29) is 17.1 Å². The van der Waals surface area contributed by atoms with Crippen molar-refractivity contribution in [3.63, 3.8) is 0 Å². The van der Waals surface area contributed by atoms with Gasteiger partial charge in [-0.05, 0) is 5.18 Å². The Bertz CT molecular complexity index is 451. The number of nitroso groups, excluding NO2 is 1. The Balaban J connectivity index is 3.40. The van der Waals surface area contributed by atoms with Gasteiger partial charge in [-0.2, -0.15) is 5.10 Å². The molecule has 0 unspecified atom stereocenters. The molecule has 1 heterocycles. The van der Waals surface area contributed by atoms with Gasteiger partial charge in [-0.25, -0.2) is 9.59 Å². The fraction of sp³-hybridized carbons (Fsp3) is 0.375. The van der Waals surface area contributed by atoms with Crippen LogP contribution in [-0.4, -0.2) is 35.9 Å². The van der Waals surface area contributed by atoms with Gasteiger partial charge in [0.05, 0.1) is 14.2 Å². The van der Waals surface area contributed by atoms with Gasteiger partial charge in [0.2, 0.25) is 0 Å². The van der Waals surface area contributed by atoms with Crippen molar-refractivity contribution in [3.05, 3.63) is 16.3 Å². The van der Waals surface area contributed by atoms with Crippen molar-refractivity contribution in [2.45, 2.75) is 0 Å². The highest BCUT2D eigenvalue weighted by Gasteiger charge is 2.28. The third-order valence-corrected chi connectivity index (χ3v) is 1.87. The van der Waals surface area contributed by atoms with Gasteiger partial charge in [0.1, 0.15) is 0 Å². The fourth-order valence-corrected chi connectivity index (χ4v) is 1.16. The van der Waals surface area contributed by atoms with Crippen LogP contribution in [0.25, 0.3) is 0 Å². The lowest BCUT2D eigenvalue weighted by Gasteiger charge is -1.98. The Labute approximate surface area is 90.1 Å². The highest BCUT2D eigenvalue weighted by Crippen LogP contribution is 2.24. The van der Waals surface area contributed by atoms with Crippen LogP contribution >= 0.6 is 0 Å². The number of ether oxygens (including phenoxy) is 2. The van der Waals surface area contributed by atoms with E-state index in [1.54, 1.807) is 0 Å². The van der Waals surface area contributed by atoms with Crippen molar-refractivity contribution in [1.82, 2.24) is 9.78 Å². The lowest BCUT2D eigenvalue weighted by atomic mass is 10.3. The van der Waals surface area contributed by atoms with Crippen LogP contribution in [0.2, 0.25) is 0 Å². The molecule has 0 N–H and O–H groups in total. The van der Waals surface area contributed by atoms with Crippen LogP contribution < -0.4 is 0 Å². The number of esters is 2. The summed E-state index contributed by atoms with van der Waals surface area (Å²) in [6.45, 7) is 0. The topological polar surface area (TPSA) is 99.8 Å². The Morgan fingerprint density at radius 2 is 1.81 bits per heavy atom. The zero-order valence-corrected chi connectivity index (χ0v) is 8.88. The maximum atomic E-state index is 11.3. The highest BCUT2D eigenvalue weighted by molar-refractivity contribution is 6.01. The number of hydrogen-bond acceptors (Lipinski definition) is 7. The molecule has 0 bridgehead atoms. The van der Waals surface area contributed by atoms with Crippen molar-refractivity contribution >= 4 is 17.6 Å². The van der Waals surface area contributed by atoms with E-state index in [0.29, 0.717) is 0 Å². The van der Waals surface area contributed by atoms with E-state index in [9.17, 15) is 14.5 Å². The van der Waals surface area contributed by atoms with E-state index in [4.69, 9.17) is 0 Å². The van der Waals surface area contributed by atoms with Crippen LogP contribution in [0.5, 0.6) is 0 Å². The predicted molar refractivity (Wildman–Crippen MR) is 51.3 cm³/mol. The second-order valence-electron chi connectivity index (χ2n) is 2.74. The van der Waals surface area contributed by atoms with Gasteiger partial charge < -0.3 is 9.47 Å². The average Bonchev–Trinajstić information content (AvgIpc) is 2.63. The molecule has 0 saturated heterocycles. The minimum absolute atomic E-state index is 0.196. The summed E-state index contributed by atoms with van der Waals surface area (Å²) < 4.78 is 9.87. The maximum absolute atomic E-state index is 11.3. The minimum Gasteiger partial charge on any atom is -0.464 e. The van der Waals surface area contributed by atoms with E-state index in [2.05, 4.69) is 19.7 Å². The zero-order valence-electron chi connectivity index (χ0n) is 8.88. The van der Waals surface area contributed by atoms with E-state index in [1.807, 2.05) is 0 Å². The number of rotatable bonds is 3. The van der Waals surface area contributed by atoms with Gasteiger partial charge >= 0.3 is 11.9 Å². The van der Waals surface area contributed by atoms with Crippen molar-refractivity contribution < 1.29 is 19.1 Å². The molecule has 1 rings (SSSR count). The molecule has 1 aromatic rings. The Morgan fingerprint density at radius 1 is 1.25 bits per heavy atom. The largest absolute Gasteiger partial charge is 0.464 e. The third kappa shape index (κ3) is 1.76. The van der Waals surface area contributed by atoms with E-state index >= 15 is 0 Å². The molecular formula is C8H9N3O5. The quantitative estimate of drug-likeness (QED) is 0.547. The summed E-state index contributed by atoms with van der Waals surface area (Å²) in [5, 5.41) is 6.26. The van der Waals surface area contributed by atoms with E-state index in [1.165, 1.54) is 7.05 Å². The van der Waals surface area contributed by atoms with Crippen molar-refractivity contribution in [2.24, 2.45) is 12.2 Å². The molecule has 0 saturated carbocycles. The van der Waals surface area contributed by atoms with E-state index in [0.717, 1.165) is 18.9 Å². The first kappa shape index (κ1) is 11.8. The molecule has 16 heavy (non-hydrogen) atoms. The Hall–Kier alpha value is -2.25. The molecule has 8 heteroatoms. The molecule has 8 nitrogen and oxygen atoms in total. The molecule has 0 amide bonds. The summed E-state index contributed by atoms with van der Waals surface area (Å²) in [6.07, 6.45) is 0. The lowest BCUT2D eigenvalue weighted by Crippen LogP contribution is -2.08. The zero-order chi connectivity index (χ0) is 12.3. The number of carbonyl (C=O) groups excluding carboxylic acids is 2. The second-order valence-corrected chi connectivity index (χ2v) is 2.74. The number of aryl methyl sites for hydroxylation is 1. The number of carbonyl (C=O) groups is 2. The Kier molecular flexibility index (Phi) is 3.33. The number of nitrogens with zero attached hydrogens (tertiary/aromatic N) is 3. The SMILES string of the molecule is COC(=O)c1nn(C)c(C(=O)OC)c1N=O. The van der Waals surface area contributed by atoms with Gasteiger partial charge in [0.25, 0.3) is 0 Å². The molecule has 0 radical (unpaired) electrons. The number of aromatic nitrogens is 2. The van der Waals surface area contributed by atoms with Gasteiger partial charge in [-0.1, -0.05) is 0 Å². The fourth-order valence-electron chi connectivity index (χ4n) is 1.16. The molecule has 0 aromatic carbocycles. The van der Waals surface area contributed by atoms with Crippen LogP contribution in [0.15, 0.2) is 5.18 Å². The van der Waals surface area contributed by atoms with Crippen LogP contribution in [0.4, 0.5) is 5.69 Å². The van der Waals surface area contributed by atoms with Crippen molar-refractivity contribution in [1.29, 1.82) is 0 Å². The van der Waals surface area contributed by atoms with Gasteiger partial charge in [-0.15, -0.1) is 4.91 Å². The summed E-state index contributed by atoms with van der Waals surface area (Å²) in [5.74, 6) is -1.65. The molecule has 86 valence electrons. The first-order valence-electron chi connectivity index (χ1n) is 4.13. The smallest absolute Gasteiger partial charge is 0.361 e. The predicted octanol–water partition coefficient (Wildman–Crippen LogP) is 0.391. The number of hydrogen-bond donors (Lipinski definition) is 0. The number of methoxy groups -OCH3 is 2. The summed E-state index contributed by atoms with van der Waals surface area (Å²) in [4.78, 5) is 33.1. The summed E-state index contributed by atoms with van der Waals surface area (Å²) >= 11 is 0. The lowest BCUT2D eigenvalue weighted by molar-refractivity contribution is 0.0583. The van der Waals surface area contributed by atoms with E-state index < -0.39 is 11.9 Å². The first-order chi connectivity index (χ1) is 7.56. The van der Waals surface area contributed by atoms with Crippen molar-refractivity contribution in [3.8, 4) is 0 Å². The van der Waals surface area contributed by atoms with Crippen LogP contribution in [0.1, 0.15) is 21.0 Å². The molecule has 0 aliphatic heterocycles. The van der Waals surface area contributed by atoms with Crippen LogP contribution in [-0.2, 0) is 16.5 Å². The standard InChI is InChI=1S/C8H9N3O5/c1-11-6(8(13)16-3)4(10-14)5(9-11)7(12)15-2/h1-3H3. The molecule has 1 aromatic heterocycles. The molecule has 0 aliphatic rings. The molecule has 0 atom stereocenters. The summed E-state index contributed by atoms with van der Waals surface area (Å²) in [7, 11) is 3.65. The monoisotopic (exact) mass is 227 g/mol. The van der Waals surface area contributed by atoms with Gasteiger partial charge in [0, 0.05) is 7.05 Å². The molecule has 0 aliphatic carbocycles. The van der Waals surface area contributed by atoms with Crippen LogP contribution in [0.3, 0.4) is 0 Å². The minimum atomic E-state index is -0.847. The summed E-state index contributed by atoms with van der Waals surface area (Å²) in [5.41, 5.74) is -0.903. The van der Waals surface area contributed by atoms with Crippen LogP contribution in [0, 0.1) is 4.91 Å². The Morgan fingerprint density at radius 3 is 2.25 bits per heavy atom. The van der Waals surface area contributed by atoms with Crippen molar-refractivity contribution in [2.75, 3.05) is 14.2 Å². The second kappa shape index (κ2) is 4.51. The summed E-state index contributed by atoms with van der Waals surface area (Å²) in [6, 6.07) is 0. The maximum Gasteiger partial charge on any atom is 0.361 e. The normalized spacial score (nSPS) is 9.69. The van der Waals surface area contributed by atoms with Gasteiger partial charge in [0.15, 0.2) is 17.1 Å². The van der Waals surface area contributed by atoms with Gasteiger partial charge in [-0.3, -0.25) is 4.68 Å². The molecule has 0 spiro atoms. The molecule has 0 fully saturated rings.